The number of likely N-dealkylation sites (N-methyl/N-ethyl adjacent to an activating group) is 1. The van der Waals surface area contributed by atoms with Crippen molar-refractivity contribution in [3.05, 3.63) is 23.0 Å². The molecule has 0 aliphatic carbocycles. The number of aryl methyl sites for hydroxylation is 1. The molecule has 1 aromatic rings. The van der Waals surface area contributed by atoms with Gasteiger partial charge in [-0.25, -0.2) is 4.79 Å². The van der Waals surface area contributed by atoms with Crippen LogP contribution in [0.5, 0.6) is 0 Å². The van der Waals surface area contributed by atoms with E-state index in [2.05, 4.69) is 0 Å². The van der Waals surface area contributed by atoms with Gasteiger partial charge in [-0.05, 0) is 19.9 Å². The second kappa shape index (κ2) is 4.38. The Morgan fingerprint density at radius 3 is 2.31 bits per heavy atom. The molecule has 5 nitrogen and oxygen atoms in total. The molecule has 0 aliphatic heterocycles. The summed E-state index contributed by atoms with van der Waals surface area (Å²) in [5, 5.41) is 8.94. The lowest BCUT2D eigenvalue weighted by Crippen LogP contribution is -2.27. The number of carboxylic acid groups (broad SMARTS) is 1. The zero-order valence-corrected chi connectivity index (χ0v) is 9.94. The van der Waals surface area contributed by atoms with Crippen molar-refractivity contribution in [2.75, 3.05) is 14.1 Å². The van der Waals surface area contributed by atoms with Crippen LogP contribution >= 0.6 is 0 Å². The highest BCUT2D eigenvalue weighted by Crippen LogP contribution is 2.15. The summed E-state index contributed by atoms with van der Waals surface area (Å²) in [6.45, 7) is 3.68. The number of nitrogens with zero attached hydrogens (tertiary/aromatic N) is 2. The van der Waals surface area contributed by atoms with Crippen LogP contribution in [0.4, 0.5) is 0 Å². The molecule has 0 atom stereocenters. The number of carbonyl (C=O) groups excluding carboxylic acids is 1. The number of aromatic carboxylic acids is 1. The first-order valence-corrected chi connectivity index (χ1v) is 4.94. The van der Waals surface area contributed by atoms with E-state index in [1.807, 2.05) is 0 Å². The van der Waals surface area contributed by atoms with Crippen molar-refractivity contribution >= 4 is 11.9 Å². The SMILES string of the molecule is Cc1cc(C(=O)O)c(C)n1CC(=O)N(C)C. The van der Waals surface area contributed by atoms with Crippen molar-refractivity contribution in [1.82, 2.24) is 9.47 Å². The molecular formula is C11H16N2O3. The van der Waals surface area contributed by atoms with Crippen molar-refractivity contribution in [2.24, 2.45) is 0 Å². The van der Waals surface area contributed by atoms with Crippen molar-refractivity contribution in [3.63, 3.8) is 0 Å². The lowest BCUT2D eigenvalue weighted by atomic mass is 10.2. The van der Waals surface area contributed by atoms with E-state index >= 15 is 0 Å². The number of rotatable bonds is 3. The quantitative estimate of drug-likeness (QED) is 0.829. The summed E-state index contributed by atoms with van der Waals surface area (Å²) >= 11 is 0. The normalized spacial score (nSPS) is 10.2. The highest BCUT2D eigenvalue weighted by molar-refractivity contribution is 5.89. The van der Waals surface area contributed by atoms with Crippen molar-refractivity contribution in [1.29, 1.82) is 0 Å². The van der Waals surface area contributed by atoms with E-state index in [-0.39, 0.29) is 18.0 Å². The van der Waals surface area contributed by atoms with E-state index in [1.165, 1.54) is 4.90 Å². The van der Waals surface area contributed by atoms with Gasteiger partial charge >= 0.3 is 5.97 Å². The van der Waals surface area contributed by atoms with Crippen LogP contribution in [0.1, 0.15) is 21.7 Å². The Morgan fingerprint density at radius 1 is 1.38 bits per heavy atom. The van der Waals surface area contributed by atoms with Crippen LogP contribution in [0.25, 0.3) is 0 Å². The second-order valence-electron chi connectivity index (χ2n) is 3.96. The number of hydrogen-bond acceptors (Lipinski definition) is 2. The third kappa shape index (κ3) is 2.24. The number of aromatic nitrogens is 1. The predicted molar refractivity (Wildman–Crippen MR) is 59.6 cm³/mol. The molecule has 0 aliphatic rings. The number of amides is 1. The third-order valence-electron chi connectivity index (χ3n) is 2.60. The van der Waals surface area contributed by atoms with Gasteiger partial charge in [-0.15, -0.1) is 0 Å². The average molecular weight is 224 g/mol. The fourth-order valence-electron chi connectivity index (χ4n) is 1.54. The van der Waals surface area contributed by atoms with Gasteiger partial charge in [0, 0.05) is 25.5 Å². The smallest absolute Gasteiger partial charge is 0.337 e. The largest absolute Gasteiger partial charge is 0.478 e. The zero-order chi connectivity index (χ0) is 12.5. The first kappa shape index (κ1) is 12.3. The number of carboxylic acids is 1. The molecule has 16 heavy (non-hydrogen) atoms. The fourth-order valence-corrected chi connectivity index (χ4v) is 1.54. The van der Waals surface area contributed by atoms with Gasteiger partial charge in [0.1, 0.15) is 6.54 Å². The Labute approximate surface area is 94.3 Å². The molecule has 0 spiro atoms. The first-order valence-electron chi connectivity index (χ1n) is 4.94. The van der Waals surface area contributed by atoms with Crippen LogP contribution < -0.4 is 0 Å². The summed E-state index contributed by atoms with van der Waals surface area (Å²) in [6.07, 6.45) is 0. The van der Waals surface area contributed by atoms with Crippen molar-refractivity contribution < 1.29 is 14.7 Å². The molecule has 1 aromatic heterocycles. The lowest BCUT2D eigenvalue weighted by Gasteiger charge is -2.13. The van der Waals surface area contributed by atoms with Gasteiger partial charge in [0.2, 0.25) is 5.91 Å². The average Bonchev–Trinajstić information content (AvgIpc) is 2.45. The lowest BCUT2D eigenvalue weighted by molar-refractivity contribution is -0.129. The minimum absolute atomic E-state index is 0.0567. The standard InChI is InChI=1S/C11H16N2O3/c1-7-5-9(11(15)16)8(2)13(7)6-10(14)12(3)4/h5H,6H2,1-4H3,(H,15,16). The Morgan fingerprint density at radius 2 is 1.94 bits per heavy atom. The van der Waals surface area contributed by atoms with Gasteiger partial charge in [-0.1, -0.05) is 0 Å². The molecule has 0 aromatic carbocycles. The fraction of sp³-hybridized carbons (Fsp3) is 0.455. The number of carbonyl (C=O) groups is 2. The molecule has 1 rings (SSSR count). The third-order valence-corrected chi connectivity index (χ3v) is 2.60. The zero-order valence-electron chi connectivity index (χ0n) is 9.94. The second-order valence-corrected chi connectivity index (χ2v) is 3.96. The molecule has 0 unspecified atom stereocenters. The van der Waals surface area contributed by atoms with Crippen LogP contribution in [0.2, 0.25) is 0 Å². The van der Waals surface area contributed by atoms with Gasteiger partial charge in [0.25, 0.3) is 0 Å². The van der Waals surface area contributed by atoms with Crippen LogP contribution in [0.15, 0.2) is 6.07 Å². The van der Waals surface area contributed by atoms with Crippen molar-refractivity contribution in [3.8, 4) is 0 Å². The van der Waals surface area contributed by atoms with E-state index in [1.54, 1.807) is 38.6 Å². The van der Waals surface area contributed by atoms with Crippen LogP contribution in [-0.4, -0.2) is 40.5 Å². The Balaban J connectivity index is 3.06. The highest BCUT2D eigenvalue weighted by Gasteiger charge is 2.16. The molecule has 0 bridgehead atoms. The minimum Gasteiger partial charge on any atom is -0.478 e. The summed E-state index contributed by atoms with van der Waals surface area (Å²) in [5.74, 6) is -1.02. The number of hydrogen-bond donors (Lipinski definition) is 1. The van der Waals surface area contributed by atoms with Crippen LogP contribution in [-0.2, 0) is 11.3 Å². The van der Waals surface area contributed by atoms with Gasteiger partial charge in [0.05, 0.1) is 5.56 Å². The maximum atomic E-state index is 11.6. The Hall–Kier alpha value is -1.78. The van der Waals surface area contributed by atoms with Crippen LogP contribution in [0.3, 0.4) is 0 Å². The van der Waals surface area contributed by atoms with Crippen molar-refractivity contribution in [2.45, 2.75) is 20.4 Å². The van der Waals surface area contributed by atoms with E-state index in [4.69, 9.17) is 5.11 Å². The minimum atomic E-state index is -0.961. The van der Waals surface area contributed by atoms with Gasteiger partial charge in [-0.3, -0.25) is 4.79 Å². The summed E-state index contributed by atoms with van der Waals surface area (Å²) in [6, 6.07) is 1.58. The van der Waals surface area contributed by atoms with E-state index in [0.29, 0.717) is 5.69 Å². The summed E-state index contributed by atoms with van der Waals surface area (Å²) in [4.78, 5) is 23.9. The van der Waals surface area contributed by atoms with E-state index in [0.717, 1.165) is 5.69 Å². The molecule has 0 radical (unpaired) electrons. The molecule has 1 N–H and O–H groups in total. The molecular weight excluding hydrogens is 208 g/mol. The molecule has 88 valence electrons. The molecule has 1 heterocycles. The van der Waals surface area contributed by atoms with E-state index < -0.39 is 5.97 Å². The molecule has 5 heteroatoms. The summed E-state index contributed by atoms with van der Waals surface area (Å²) in [5.41, 5.74) is 1.65. The van der Waals surface area contributed by atoms with E-state index in [9.17, 15) is 9.59 Å². The maximum absolute atomic E-state index is 11.6. The van der Waals surface area contributed by atoms with Crippen LogP contribution in [0, 0.1) is 13.8 Å². The molecule has 0 saturated carbocycles. The Kier molecular flexibility index (Phi) is 3.37. The van der Waals surface area contributed by atoms with Gasteiger partial charge in [-0.2, -0.15) is 0 Å². The highest BCUT2D eigenvalue weighted by atomic mass is 16.4. The van der Waals surface area contributed by atoms with Gasteiger partial charge in [0.15, 0.2) is 0 Å². The molecule has 0 saturated heterocycles. The Bertz CT molecular complexity index is 433. The molecule has 0 fully saturated rings. The predicted octanol–water partition coefficient (Wildman–Crippen LogP) is 0.891. The first-order chi connectivity index (χ1) is 7.34. The molecule has 1 amide bonds. The summed E-state index contributed by atoms with van der Waals surface area (Å²) < 4.78 is 1.71. The maximum Gasteiger partial charge on any atom is 0.337 e. The summed E-state index contributed by atoms with van der Waals surface area (Å²) in [7, 11) is 3.35. The van der Waals surface area contributed by atoms with Gasteiger partial charge < -0.3 is 14.6 Å². The topological polar surface area (TPSA) is 62.5 Å². The monoisotopic (exact) mass is 224 g/mol.